The quantitative estimate of drug-likeness (QED) is 0.396. The van der Waals surface area contributed by atoms with Crippen LogP contribution in [0.3, 0.4) is 0 Å². The normalized spacial score (nSPS) is 14.3. The molecular formula is C26H29N3O5. The molecule has 0 saturated carbocycles. The fraction of sp³-hybridized carbons (Fsp3) is 0.346. The summed E-state index contributed by atoms with van der Waals surface area (Å²) in [5, 5.41) is 2.38. The van der Waals surface area contributed by atoms with E-state index >= 15 is 0 Å². The van der Waals surface area contributed by atoms with Crippen LogP contribution < -0.4 is 5.32 Å². The van der Waals surface area contributed by atoms with Crippen LogP contribution in [0.1, 0.15) is 15.9 Å². The van der Waals surface area contributed by atoms with E-state index in [1.807, 2.05) is 36.4 Å². The van der Waals surface area contributed by atoms with Crippen LogP contribution in [0.15, 0.2) is 48.5 Å². The Morgan fingerprint density at radius 1 is 1.06 bits per heavy atom. The zero-order valence-corrected chi connectivity index (χ0v) is 19.7. The molecule has 8 nitrogen and oxygen atoms in total. The number of esters is 1. The van der Waals surface area contributed by atoms with Gasteiger partial charge in [0.1, 0.15) is 0 Å². The number of hydrogen-bond acceptors (Lipinski definition) is 6. The smallest absolute Gasteiger partial charge is 0.338 e. The average Bonchev–Trinajstić information content (AvgIpc) is 2.89. The predicted molar refractivity (Wildman–Crippen MR) is 128 cm³/mol. The third-order valence-corrected chi connectivity index (χ3v) is 5.62. The van der Waals surface area contributed by atoms with Gasteiger partial charge < -0.3 is 19.7 Å². The summed E-state index contributed by atoms with van der Waals surface area (Å²) in [7, 11) is 3.96. The Hall–Kier alpha value is -3.67. The van der Waals surface area contributed by atoms with Gasteiger partial charge in [-0.2, -0.15) is 0 Å². The first-order chi connectivity index (χ1) is 16.4. The number of nitrogens with zero attached hydrogens (tertiary/aromatic N) is 2. The van der Waals surface area contributed by atoms with Crippen LogP contribution in [0, 0.1) is 11.8 Å². The molecule has 1 unspecified atom stereocenters. The highest BCUT2D eigenvalue weighted by Crippen LogP contribution is 2.21. The van der Waals surface area contributed by atoms with E-state index in [1.54, 1.807) is 12.1 Å². The molecule has 0 radical (unpaired) electrons. The summed E-state index contributed by atoms with van der Waals surface area (Å²) in [5.74, 6) is 4.52. The summed E-state index contributed by atoms with van der Waals surface area (Å²) in [6.45, 7) is 4.08. The minimum absolute atomic E-state index is 0.356. The standard InChI is InChI=1S/C26H29N3O5/c1-27-24(30)23(26(32)33-3)28(2)25(31)22-12-10-21(11-13-22)20-8-6-19(7-9-20)5-4-14-29-15-17-34-18-16-29/h6-13,23H,14-18H2,1-3H3,(H,27,30). The highest BCUT2D eigenvalue weighted by Gasteiger charge is 2.34. The van der Waals surface area contributed by atoms with E-state index in [4.69, 9.17) is 4.74 Å². The molecular weight excluding hydrogens is 434 g/mol. The van der Waals surface area contributed by atoms with Crippen molar-refractivity contribution in [2.24, 2.45) is 0 Å². The largest absolute Gasteiger partial charge is 0.467 e. The number of nitrogens with one attached hydrogen (secondary N) is 1. The van der Waals surface area contributed by atoms with Crippen LogP contribution in [0.25, 0.3) is 11.1 Å². The molecule has 1 atom stereocenters. The van der Waals surface area contributed by atoms with Crippen LogP contribution in [0.4, 0.5) is 0 Å². The van der Waals surface area contributed by atoms with E-state index in [0.717, 1.165) is 54.4 Å². The van der Waals surface area contributed by atoms with E-state index in [1.165, 1.54) is 21.2 Å². The lowest BCUT2D eigenvalue weighted by Crippen LogP contribution is -2.51. The maximum Gasteiger partial charge on any atom is 0.338 e. The molecule has 1 N–H and O–H groups in total. The Morgan fingerprint density at radius 3 is 2.21 bits per heavy atom. The molecule has 1 heterocycles. The molecule has 0 aromatic heterocycles. The molecule has 2 aromatic rings. The maximum absolute atomic E-state index is 12.8. The van der Waals surface area contributed by atoms with Crippen molar-refractivity contribution in [1.82, 2.24) is 15.1 Å². The van der Waals surface area contributed by atoms with Gasteiger partial charge in [-0.25, -0.2) is 4.79 Å². The second kappa shape index (κ2) is 12.0. The number of likely N-dealkylation sites (N-methyl/N-ethyl adjacent to an activating group) is 2. The summed E-state index contributed by atoms with van der Waals surface area (Å²) < 4.78 is 10.0. The van der Waals surface area contributed by atoms with E-state index in [-0.39, 0.29) is 0 Å². The summed E-state index contributed by atoms with van der Waals surface area (Å²) in [6, 6.07) is 13.5. The number of amides is 2. The van der Waals surface area contributed by atoms with E-state index in [2.05, 4.69) is 26.8 Å². The molecule has 0 spiro atoms. The fourth-order valence-electron chi connectivity index (χ4n) is 3.57. The number of carbonyl (C=O) groups is 3. The molecule has 1 saturated heterocycles. The zero-order valence-electron chi connectivity index (χ0n) is 19.7. The van der Waals surface area contributed by atoms with Crippen LogP contribution in [-0.2, 0) is 19.1 Å². The van der Waals surface area contributed by atoms with Crippen LogP contribution in [-0.4, -0.2) is 87.7 Å². The zero-order chi connectivity index (χ0) is 24.5. The minimum atomic E-state index is -1.36. The van der Waals surface area contributed by atoms with Crippen molar-refractivity contribution >= 4 is 17.8 Å². The predicted octanol–water partition coefficient (Wildman–Crippen LogP) is 1.40. The first kappa shape index (κ1) is 25.0. The van der Waals surface area contributed by atoms with Gasteiger partial charge in [0.2, 0.25) is 6.04 Å². The SMILES string of the molecule is CNC(=O)C(C(=O)OC)N(C)C(=O)c1ccc(-c2ccc(C#CCN3CCOCC3)cc2)cc1. The Kier molecular flexibility index (Phi) is 8.79. The topological polar surface area (TPSA) is 88.2 Å². The van der Waals surface area contributed by atoms with Gasteiger partial charge in [-0.3, -0.25) is 14.5 Å². The van der Waals surface area contributed by atoms with Gasteiger partial charge in [-0.15, -0.1) is 0 Å². The fourth-order valence-corrected chi connectivity index (χ4v) is 3.57. The van der Waals surface area contributed by atoms with Crippen LogP contribution in [0.2, 0.25) is 0 Å². The molecule has 8 heteroatoms. The van der Waals surface area contributed by atoms with Crippen LogP contribution in [0.5, 0.6) is 0 Å². The number of carbonyl (C=O) groups excluding carboxylic acids is 3. The summed E-state index contributed by atoms with van der Waals surface area (Å²) in [6.07, 6.45) is 0. The molecule has 178 valence electrons. The Balaban J connectivity index is 1.66. The van der Waals surface area contributed by atoms with Gasteiger partial charge in [0.25, 0.3) is 11.8 Å². The summed E-state index contributed by atoms with van der Waals surface area (Å²) in [5.41, 5.74) is 3.22. The van der Waals surface area contributed by atoms with Crippen molar-refractivity contribution < 1.29 is 23.9 Å². The third-order valence-electron chi connectivity index (χ3n) is 5.62. The first-order valence-electron chi connectivity index (χ1n) is 11.0. The number of hydrogen-bond donors (Lipinski definition) is 1. The van der Waals surface area contributed by atoms with Gasteiger partial charge in [0, 0.05) is 38.3 Å². The monoisotopic (exact) mass is 463 g/mol. The van der Waals surface area contributed by atoms with Gasteiger partial charge >= 0.3 is 5.97 Å². The van der Waals surface area contributed by atoms with Crippen molar-refractivity contribution in [3.8, 4) is 23.0 Å². The van der Waals surface area contributed by atoms with Gasteiger partial charge in [-0.05, 0) is 35.4 Å². The lowest BCUT2D eigenvalue weighted by Gasteiger charge is -2.24. The number of ether oxygens (including phenoxy) is 2. The van der Waals surface area contributed by atoms with Crippen LogP contribution >= 0.6 is 0 Å². The second-order valence-electron chi connectivity index (χ2n) is 7.80. The Morgan fingerprint density at radius 2 is 1.65 bits per heavy atom. The van der Waals surface area contributed by atoms with Gasteiger partial charge in [-0.1, -0.05) is 36.1 Å². The van der Waals surface area contributed by atoms with Crippen molar-refractivity contribution in [3.63, 3.8) is 0 Å². The number of morpholine rings is 1. The molecule has 3 rings (SSSR count). The summed E-state index contributed by atoms with van der Waals surface area (Å²) in [4.78, 5) is 40.3. The van der Waals surface area contributed by atoms with Crippen molar-refractivity contribution in [1.29, 1.82) is 0 Å². The van der Waals surface area contributed by atoms with E-state index < -0.39 is 23.8 Å². The van der Waals surface area contributed by atoms with Crippen molar-refractivity contribution in [3.05, 3.63) is 59.7 Å². The number of methoxy groups -OCH3 is 1. The molecule has 34 heavy (non-hydrogen) atoms. The number of rotatable bonds is 6. The van der Waals surface area contributed by atoms with Gasteiger partial charge in [0.05, 0.1) is 26.9 Å². The lowest BCUT2D eigenvalue weighted by atomic mass is 10.0. The molecule has 0 bridgehead atoms. The first-order valence-corrected chi connectivity index (χ1v) is 11.0. The van der Waals surface area contributed by atoms with Crippen molar-refractivity contribution in [2.75, 3.05) is 54.1 Å². The van der Waals surface area contributed by atoms with Crippen molar-refractivity contribution in [2.45, 2.75) is 6.04 Å². The number of benzene rings is 2. The van der Waals surface area contributed by atoms with Gasteiger partial charge in [0.15, 0.2) is 0 Å². The summed E-state index contributed by atoms with van der Waals surface area (Å²) >= 11 is 0. The molecule has 2 aromatic carbocycles. The average molecular weight is 464 g/mol. The molecule has 1 fully saturated rings. The highest BCUT2D eigenvalue weighted by molar-refractivity contribution is 6.07. The molecule has 0 aliphatic carbocycles. The molecule has 1 aliphatic rings. The Bertz CT molecular complexity index is 1050. The lowest BCUT2D eigenvalue weighted by molar-refractivity contribution is -0.150. The Labute approximate surface area is 199 Å². The highest BCUT2D eigenvalue weighted by atomic mass is 16.5. The molecule has 1 aliphatic heterocycles. The van der Waals surface area contributed by atoms with E-state index in [9.17, 15) is 14.4 Å². The minimum Gasteiger partial charge on any atom is -0.467 e. The second-order valence-corrected chi connectivity index (χ2v) is 7.80. The van der Waals surface area contributed by atoms with E-state index in [0.29, 0.717) is 5.56 Å². The molecule has 2 amide bonds. The maximum atomic E-state index is 12.8. The third kappa shape index (κ3) is 6.22.